The van der Waals surface area contributed by atoms with Gasteiger partial charge in [-0.1, -0.05) is 223 Å². The number of anilines is 4. The molecule has 0 aliphatic carbocycles. The fraction of sp³-hybridized carbons (Fsp3) is 0.525. The lowest BCUT2D eigenvalue weighted by atomic mass is 9.89. The lowest BCUT2D eigenvalue weighted by Gasteiger charge is -2.39. The molecule has 18 nitrogen and oxygen atoms in total. The van der Waals surface area contributed by atoms with Crippen LogP contribution >= 0.6 is 0 Å². The minimum atomic E-state index is 0.624. The summed E-state index contributed by atoms with van der Waals surface area (Å²) < 4.78 is 15.4. The van der Waals surface area contributed by atoms with Gasteiger partial charge < -0.3 is 53.4 Å². The molecule has 0 bridgehead atoms. The van der Waals surface area contributed by atoms with E-state index >= 15 is 0 Å². The molecule has 1 atom stereocenters. The van der Waals surface area contributed by atoms with E-state index < -0.39 is 0 Å². The van der Waals surface area contributed by atoms with Crippen molar-refractivity contribution in [1.82, 2.24) is 54.2 Å². The highest BCUT2D eigenvalue weighted by Crippen LogP contribution is 2.33. The number of aromatic nitrogens is 4. The van der Waals surface area contributed by atoms with Crippen molar-refractivity contribution in [3.63, 3.8) is 0 Å². The number of likely N-dealkylation sites (N-methyl/N-ethyl adjacent to an activating group) is 1. The van der Waals surface area contributed by atoms with Gasteiger partial charge in [-0.3, -0.25) is 29.7 Å². The highest BCUT2D eigenvalue weighted by molar-refractivity contribution is 5.50. The van der Waals surface area contributed by atoms with Gasteiger partial charge in [-0.2, -0.15) is 0 Å². The van der Waals surface area contributed by atoms with Crippen molar-refractivity contribution in [2.75, 3.05) is 231 Å². The zero-order valence-electron chi connectivity index (χ0n) is 90.1. The molecule has 1 unspecified atom stereocenters. The fourth-order valence-electron chi connectivity index (χ4n) is 18.9. The molecular weight excluding hydrogens is 1720 g/mol. The first-order valence-corrected chi connectivity index (χ1v) is 53.2. The van der Waals surface area contributed by atoms with Crippen LogP contribution in [0.1, 0.15) is 208 Å². The maximum Gasteiger partial charge on any atom is 0.147 e. The number of methoxy groups -OCH3 is 2. The van der Waals surface area contributed by atoms with Crippen LogP contribution in [-0.2, 0) is 9.47 Å². The van der Waals surface area contributed by atoms with Crippen LogP contribution in [0.4, 0.5) is 22.9 Å². The topological polar surface area (TPSA) is 115 Å². The second kappa shape index (κ2) is 64.0. The van der Waals surface area contributed by atoms with Crippen molar-refractivity contribution in [3.8, 4) is 5.75 Å². The Kier molecular flexibility index (Phi) is 52.1. The molecule has 8 aliphatic heterocycles. The van der Waals surface area contributed by atoms with E-state index in [1.54, 1.807) is 14.2 Å². The first-order valence-electron chi connectivity index (χ1n) is 53.2. The Morgan fingerprint density at radius 3 is 1.11 bits per heavy atom. The average Bonchev–Trinajstić information content (AvgIpc) is 1.34. The van der Waals surface area contributed by atoms with Gasteiger partial charge in [-0.05, 0) is 310 Å². The van der Waals surface area contributed by atoms with Gasteiger partial charge in [0.1, 0.15) is 11.6 Å². The number of hydrogen-bond donors (Lipinski definition) is 0. The molecule has 8 aliphatic rings. The fourth-order valence-corrected chi connectivity index (χ4v) is 18.9. The molecule has 0 amide bonds. The molecular formula is C122H181N15O3. The van der Waals surface area contributed by atoms with Crippen LogP contribution in [0.3, 0.4) is 0 Å². The van der Waals surface area contributed by atoms with Crippen LogP contribution < -0.4 is 24.3 Å². The second-order valence-corrected chi connectivity index (χ2v) is 40.0. The Labute approximate surface area is 849 Å². The maximum atomic E-state index is 5.30. The van der Waals surface area contributed by atoms with E-state index in [1.807, 2.05) is 87.2 Å². The van der Waals surface area contributed by atoms with Gasteiger partial charge in [0.25, 0.3) is 0 Å². The first kappa shape index (κ1) is 114. The van der Waals surface area contributed by atoms with Gasteiger partial charge in [0, 0.05) is 159 Å². The Bertz CT molecular complexity index is 4780. The number of aryl methyl sites for hydroxylation is 10. The van der Waals surface area contributed by atoms with E-state index in [0.717, 1.165) is 139 Å². The van der Waals surface area contributed by atoms with Crippen LogP contribution in [0.5, 0.6) is 5.75 Å². The van der Waals surface area contributed by atoms with Gasteiger partial charge in [0.05, 0.1) is 56.4 Å². The molecule has 18 heteroatoms. The molecule has 8 saturated heterocycles. The molecule has 2 aromatic heterocycles. The van der Waals surface area contributed by atoms with E-state index in [1.165, 1.54) is 246 Å². The predicted octanol–water partition coefficient (Wildman–Crippen LogP) is 23.6. The largest absolute Gasteiger partial charge is 0.497 e. The summed E-state index contributed by atoms with van der Waals surface area (Å²) in [5.41, 5.74) is 22.4. The Morgan fingerprint density at radius 1 is 0.357 bits per heavy atom. The first-order chi connectivity index (χ1) is 67.9. The summed E-state index contributed by atoms with van der Waals surface area (Å²) in [5.74, 6) is 4.88. The molecule has 18 rings (SSSR count). The smallest absolute Gasteiger partial charge is 0.147 e. The summed E-state index contributed by atoms with van der Waals surface area (Å²) in [7, 11) is 5.63. The summed E-state index contributed by atoms with van der Waals surface area (Å²) in [6.07, 6.45) is 22.2. The number of rotatable bonds is 19. The van der Waals surface area contributed by atoms with Gasteiger partial charge in [0.2, 0.25) is 0 Å². The van der Waals surface area contributed by atoms with E-state index in [-0.39, 0.29) is 0 Å². The Balaban J connectivity index is 0.000000175. The second-order valence-electron chi connectivity index (χ2n) is 40.0. The van der Waals surface area contributed by atoms with Crippen molar-refractivity contribution < 1.29 is 14.2 Å². The van der Waals surface area contributed by atoms with Crippen molar-refractivity contribution in [2.45, 2.75) is 211 Å². The molecule has 10 heterocycles. The lowest BCUT2D eigenvalue weighted by molar-refractivity contribution is 0.122. The number of nitrogens with zero attached hydrogens (tertiary/aromatic N) is 15. The molecule has 8 fully saturated rings. The Morgan fingerprint density at radius 2 is 0.729 bits per heavy atom. The van der Waals surface area contributed by atoms with E-state index in [4.69, 9.17) is 14.2 Å². The summed E-state index contributed by atoms with van der Waals surface area (Å²) in [4.78, 5) is 44.8. The molecule has 762 valence electrons. The number of likely N-dealkylation sites (tertiary alicyclic amines) is 4. The van der Waals surface area contributed by atoms with Crippen LogP contribution in [0, 0.1) is 69.2 Å². The van der Waals surface area contributed by atoms with E-state index in [2.05, 4.69) is 342 Å². The van der Waals surface area contributed by atoms with Crippen molar-refractivity contribution in [1.29, 1.82) is 0 Å². The third-order valence-electron chi connectivity index (χ3n) is 28.9. The highest BCUT2D eigenvalue weighted by Gasteiger charge is 2.26. The number of morpholine rings is 1. The van der Waals surface area contributed by atoms with Crippen molar-refractivity contribution in [2.24, 2.45) is 0 Å². The van der Waals surface area contributed by atoms with E-state index in [0.29, 0.717) is 12.0 Å². The predicted molar refractivity (Wildman–Crippen MR) is 596 cm³/mol. The lowest BCUT2D eigenvalue weighted by Crippen LogP contribution is -2.49. The minimum Gasteiger partial charge on any atom is -0.497 e. The van der Waals surface area contributed by atoms with Gasteiger partial charge in [0.15, 0.2) is 0 Å². The highest BCUT2D eigenvalue weighted by atomic mass is 16.5. The van der Waals surface area contributed by atoms with Crippen molar-refractivity contribution in [3.05, 3.63) is 316 Å². The summed E-state index contributed by atoms with van der Waals surface area (Å²) in [6.45, 7) is 71.1. The number of piperidine rings is 4. The average molecular weight is 1910 g/mol. The summed E-state index contributed by atoms with van der Waals surface area (Å²) in [6, 6.07) is 73.2. The number of benzene rings is 8. The normalized spacial score (nSPS) is 17.6. The van der Waals surface area contributed by atoms with Gasteiger partial charge in [-0.15, -0.1) is 6.58 Å². The SMILES string of the molecule is C=CCN1CCC(c2ccc(C)cc2)CC1.CCC(C)N1CCN(c2ccc(C)cc2)CC1.CCN1CCC(c2ccc(C)cc2)CC1.CCN1CCN(c2ccc(C)cc2)CC1.COCCN1CCC(c2ccc(C)cc2)CC1.COc1ccc(C)cc1.Cc1ccc(N2CCOCC2)cc1.Cc1ccccc1.Cc1cnc(C2CCN(C)CC2)cn1.Cc1cnc(N2CCCN(C(C)C)CC2)cn1. The number of piperazine rings is 2. The van der Waals surface area contributed by atoms with Crippen LogP contribution in [-0.4, -0.2) is 278 Å². The molecule has 0 saturated carbocycles. The quantitative estimate of drug-likeness (QED) is 0.0715. The third kappa shape index (κ3) is 42.1. The summed E-state index contributed by atoms with van der Waals surface area (Å²) >= 11 is 0. The summed E-state index contributed by atoms with van der Waals surface area (Å²) in [5, 5.41) is 0. The molecule has 140 heavy (non-hydrogen) atoms. The molecule has 8 aromatic carbocycles. The van der Waals surface area contributed by atoms with Crippen LogP contribution in [0.2, 0.25) is 0 Å². The zero-order valence-corrected chi connectivity index (χ0v) is 90.1. The monoisotopic (exact) mass is 1900 g/mol. The minimum absolute atomic E-state index is 0.624. The molecule has 10 aromatic rings. The standard InChI is InChI=1S/C15H24N2.C15H23NO.C15H21N.C14H21N.C13H22N4.C13H20N2.C11H17N3.C11H15NO.C8H10O.C7H8/c1-4-14(3)16-9-11-17(12-10-16)15-7-5-13(2)6-8-15;1-13-3-5-14(6-4-13)15-7-9-16(10-8-15)11-12-17-2;1-3-10-16-11-8-15(9-12-16)14-6-4-13(2)5-7-14;1-3-15-10-8-14(9-11-15)13-6-4-12(2)5-7-13;1-11(2)16-5-4-6-17(8-7-16)13-10-14-12(3)9-15-13;1-3-14-8-10-15(11-9-14)13-6-4-12(2)5-7-13;1-9-7-13-11(8-12-9)10-3-5-14(2)6-4-10;1-10-2-4-11(5-3-10)12-6-8-13-9-7-12;1-7-3-5-8(9-2)6-4-7;1-7-5-3-2-4-6-7/h5-8,14H,4,9-12H2,1-3H3;3-6,15H,7-12H2,1-2H3;3-7,15H,1,8-12H2,2H3;4-7,14H,3,8-11H2,1-2H3;9-11H,4-8H2,1-3H3;4-7H,3,8-11H2,1-2H3;7-8,10H,3-6H2,1-2H3;2-5H,6-9H2,1H3;3-6H,1-2H3;2-6H,1H3. The van der Waals surface area contributed by atoms with Gasteiger partial charge >= 0.3 is 0 Å². The number of ether oxygens (including phenoxy) is 3. The number of hydrogen-bond acceptors (Lipinski definition) is 18. The zero-order chi connectivity index (χ0) is 100. The van der Waals surface area contributed by atoms with E-state index in [9.17, 15) is 0 Å². The molecule has 0 radical (unpaired) electrons. The Hall–Kier alpha value is -9.70. The van der Waals surface area contributed by atoms with Gasteiger partial charge in [-0.25, -0.2) is 4.98 Å². The van der Waals surface area contributed by atoms with Crippen LogP contribution in [0.25, 0.3) is 0 Å². The third-order valence-corrected chi connectivity index (χ3v) is 28.9. The molecule has 0 spiro atoms. The van der Waals surface area contributed by atoms with Crippen molar-refractivity contribution >= 4 is 22.9 Å². The van der Waals surface area contributed by atoms with Crippen LogP contribution in [0.15, 0.2) is 238 Å². The molecule has 0 N–H and O–H groups in total. The maximum absolute atomic E-state index is 5.30.